The molecule has 1 aliphatic carbocycles. The summed E-state index contributed by atoms with van der Waals surface area (Å²) in [5.74, 6) is 0.538. The molecule has 1 aromatic carbocycles. The second-order valence-electron chi connectivity index (χ2n) is 7.37. The molecule has 25 heavy (non-hydrogen) atoms. The van der Waals surface area contributed by atoms with Gasteiger partial charge in [-0.1, -0.05) is 43.2 Å². The van der Waals surface area contributed by atoms with Crippen molar-refractivity contribution in [1.82, 2.24) is 10.2 Å². The predicted molar refractivity (Wildman–Crippen MR) is 101 cm³/mol. The summed E-state index contributed by atoms with van der Waals surface area (Å²) < 4.78 is 0. The third kappa shape index (κ3) is 5.87. The minimum absolute atomic E-state index is 0.0513. The van der Waals surface area contributed by atoms with E-state index in [0.29, 0.717) is 6.54 Å². The fourth-order valence-electron chi connectivity index (χ4n) is 3.46. The van der Waals surface area contributed by atoms with Crippen molar-refractivity contribution in [2.75, 3.05) is 13.6 Å². The Hall–Kier alpha value is -1.84. The highest BCUT2D eigenvalue weighted by atomic mass is 16.2. The molecule has 0 atom stereocenters. The first-order valence-electron chi connectivity index (χ1n) is 9.59. The van der Waals surface area contributed by atoms with E-state index in [1.165, 1.54) is 5.56 Å². The topological polar surface area (TPSA) is 49.4 Å². The number of nitrogens with one attached hydrogen (secondary N) is 1. The van der Waals surface area contributed by atoms with Crippen LogP contribution in [0.25, 0.3) is 0 Å². The third-order valence-corrected chi connectivity index (χ3v) is 5.26. The van der Waals surface area contributed by atoms with Gasteiger partial charge < -0.3 is 10.2 Å². The highest BCUT2D eigenvalue weighted by Gasteiger charge is 2.31. The summed E-state index contributed by atoms with van der Waals surface area (Å²) >= 11 is 0. The molecule has 2 amide bonds. The molecule has 0 spiro atoms. The Bertz CT molecular complexity index is 560. The van der Waals surface area contributed by atoms with E-state index in [-0.39, 0.29) is 23.7 Å². The van der Waals surface area contributed by atoms with Crippen molar-refractivity contribution in [2.24, 2.45) is 11.8 Å². The lowest BCUT2D eigenvalue weighted by atomic mass is 9.81. The van der Waals surface area contributed by atoms with E-state index in [0.717, 1.165) is 50.6 Å². The van der Waals surface area contributed by atoms with Crippen LogP contribution in [0.1, 0.15) is 56.6 Å². The van der Waals surface area contributed by atoms with Gasteiger partial charge >= 0.3 is 0 Å². The number of hydrogen-bond donors (Lipinski definition) is 1. The van der Waals surface area contributed by atoms with Crippen molar-refractivity contribution in [3.05, 3.63) is 35.4 Å². The fourth-order valence-corrected chi connectivity index (χ4v) is 3.46. The summed E-state index contributed by atoms with van der Waals surface area (Å²) in [6.07, 6.45) is 5.45. The van der Waals surface area contributed by atoms with Gasteiger partial charge in [0.1, 0.15) is 0 Å². The molecule has 0 aliphatic heterocycles. The van der Waals surface area contributed by atoms with E-state index in [1.807, 2.05) is 11.9 Å². The monoisotopic (exact) mass is 344 g/mol. The van der Waals surface area contributed by atoms with E-state index in [1.54, 1.807) is 0 Å². The minimum Gasteiger partial charge on any atom is -0.352 e. The van der Waals surface area contributed by atoms with E-state index in [9.17, 15) is 9.59 Å². The van der Waals surface area contributed by atoms with Crippen LogP contribution < -0.4 is 5.32 Å². The number of benzene rings is 1. The molecule has 1 N–H and O–H groups in total. The molecule has 0 bridgehead atoms. The van der Waals surface area contributed by atoms with Gasteiger partial charge in [-0.05, 0) is 44.6 Å². The minimum atomic E-state index is 0.0513. The van der Waals surface area contributed by atoms with Crippen molar-refractivity contribution < 1.29 is 9.59 Å². The molecule has 2 rings (SSSR count). The summed E-state index contributed by atoms with van der Waals surface area (Å²) in [6.45, 7) is 5.62. The van der Waals surface area contributed by atoms with Crippen LogP contribution in [0.15, 0.2) is 24.3 Å². The lowest BCUT2D eigenvalue weighted by molar-refractivity contribution is -0.137. The Morgan fingerprint density at radius 3 is 2.28 bits per heavy atom. The Morgan fingerprint density at radius 1 is 1.08 bits per heavy atom. The second-order valence-corrected chi connectivity index (χ2v) is 7.37. The first kappa shape index (κ1) is 19.5. The maximum absolute atomic E-state index is 12.4. The number of nitrogens with zero attached hydrogens (tertiary/aromatic N) is 1. The zero-order valence-electron chi connectivity index (χ0n) is 15.9. The Labute approximate surface area is 152 Å². The number of hydrogen-bond acceptors (Lipinski definition) is 2. The van der Waals surface area contributed by atoms with Crippen LogP contribution in [0.3, 0.4) is 0 Å². The number of aryl methyl sites for hydroxylation is 1. The largest absolute Gasteiger partial charge is 0.352 e. The van der Waals surface area contributed by atoms with Gasteiger partial charge in [-0.15, -0.1) is 0 Å². The van der Waals surface area contributed by atoms with Crippen LogP contribution in [0, 0.1) is 18.8 Å². The molecule has 138 valence electrons. The Balaban J connectivity index is 1.74. The molecular weight excluding hydrogens is 312 g/mol. The lowest BCUT2D eigenvalue weighted by Crippen LogP contribution is -2.38. The third-order valence-electron chi connectivity index (χ3n) is 5.26. The van der Waals surface area contributed by atoms with Gasteiger partial charge in [0.25, 0.3) is 0 Å². The molecule has 1 fully saturated rings. The molecule has 1 saturated carbocycles. The fraction of sp³-hybridized carbons (Fsp3) is 0.619. The smallest absolute Gasteiger partial charge is 0.225 e. The van der Waals surface area contributed by atoms with Crippen molar-refractivity contribution in [3.63, 3.8) is 0 Å². The molecule has 1 aliphatic rings. The average Bonchev–Trinajstić information content (AvgIpc) is 2.65. The van der Waals surface area contributed by atoms with Gasteiger partial charge in [0.05, 0.1) is 0 Å². The van der Waals surface area contributed by atoms with Crippen LogP contribution in [0.2, 0.25) is 0 Å². The second kappa shape index (κ2) is 9.59. The molecule has 4 heteroatoms. The molecule has 0 aromatic heterocycles. The van der Waals surface area contributed by atoms with Gasteiger partial charge in [0.2, 0.25) is 11.8 Å². The molecule has 0 radical (unpaired) electrons. The molecule has 1 aromatic rings. The summed E-state index contributed by atoms with van der Waals surface area (Å²) in [6, 6.07) is 8.23. The summed E-state index contributed by atoms with van der Waals surface area (Å²) in [4.78, 5) is 26.7. The SMILES string of the molecule is CCCCN(C)C(=O)C1CCC(C(=O)NCc2ccc(C)cc2)CC1. The van der Waals surface area contributed by atoms with Crippen molar-refractivity contribution in [2.45, 2.75) is 58.9 Å². The molecule has 0 heterocycles. The summed E-state index contributed by atoms with van der Waals surface area (Å²) in [5, 5.41) is 3.05. The molecular formula is C21H32N2O2. The van der Waals surface area contributed by atoms with E-state index in [4.69, 9.17) is 0 Å². The quantitative estimate of drug-likeness (QED) is 0.820. The van der Waals surface area contributed by atoms with Crippen molar-refractivity contribution in [3.8, 4) is 0 Å². The number of unbranched alkanes of at least 4 members (excludes halogenated alkanes) is 1. The Kier molecular flexibility index (Phi) is 7.48. The van der Waals surface area contributed by atoms with Crippen molar-refractivity contribution >= 4 is 11.8 Å². The highest BCUT2D eigenvalue weighted by Crippen LogP contribution is 2.30. The number of carbonyl (C=O) groups is 2. The first-order chi connectivity index (χ1) is 12.0. The molecule has 4 nitrogen and oxygen atoms in total. The number of amides is 2. The van der Waals surface area contributed by atoms with Crippen molar-refractivity contribution in [1.29, 1.82) is 0 Å². The van der Waals surface area contributed by atoms with Gasteiger partial charge in [-0.2, -0.15) is 0 Å². The summed E-state index contributed by atoms with van der Waals surface area (Å²) in [5.41, 5.74) is 2.35. The molecule has 0 unspecified atom stereocenters. The molecule has 0 saturated heterocycles. The van der Waals surface area contributed by atoms with Crippen LogP contribution in [0.5, 0.6) is 0 Å². The first-order valence-corrected chi connectivity index (χ1v) is 9.59. The lowest BCUT2D eigenvalue weighted by Gasteiger charge is -2.30. The standard InChI is InChI=1S/C21H32N2O2/c1-4-5-14-23(3)21(25)19-12-10-18(11-13-19)20(24)22-15-17-8-6-16(2)7-9-17/h6-9,18-19H,4-5,10-15H2,1-3H3,(H,22,24). The predicted octanol–water partition coefficient (Wildman–Crippen LogP) is 3.68. The van der Waals surface area contributed by atoms with E-state index in [2.05, 4.69) is 43.4 Å². The maximum atomic E-state index is 12.4. The average molecular weight is 344 g/mol. The number of rotatable bonds is 7. The maximum Gasteiger partial charge on any atom is 0.225 e. The summed E-state index contributed by atoms with van der Waals surface area (Å²) in [7, 11) is 1.90. The Morgan fingerprint density at radius 2 is 1.68 bits per heavy atom. The highest BCUT2D eigenvalue weighted by molar-refractivity contribution is 5.81. The van der Waals surface area contributed by atoms with Crippen LogP contribution >= 0.6 is 0 Å². The van der Waals surface area contributed by atoms with E-state index < -0.39 is 0 Å². The van der Waals surface area contributed by atoms with Gasteiger partial charge in [-0.3, -0.25) is 9.59 Å². The zero-order chi connectivity index (χ0) is 18.2. The number of carbonyl (C=O) groups excluding carboxylic acids is 2. The van der Waals surface area contributed by atoms with E-state index >= 15 is 0 Å². The normalized spacial score (nSPS) is 20.1. The zero-order valence-corrected chi connectivity index (χ0v) is 15.9. The van der Waals surface area contributed by atoms with Gasteiger partial charge in [0.15, 0.2) is 0 Å². The van der Waals surface area contributed by atoms with Crippen LogP contribution in [0.4, 0.5) is 0 Å². The van der Waals surface area contributed by atoms with Gasteiger partial charge in [-0.25, -0.2) is 0 Å². The van der Waals surface area contributed by atoms with Crippen LogP contribution in [-0.2, 0) is 16.1 Å². The van der Waals surface area contributed by atoms with Crippen LogP contribution in [-0.4, -0.2) is 30.3 Å². The van der Waals surface area contributed by atoms with Gasteiger partial charge in [0, 0.05) is 32.0 Å².